The molecule has 0 aliphatic heterocycles. The van der Waals surface area contributed by atoms with Gasteiger partial charge in [-0.05, 0) is 32.0 Å². The van der Waals surface area contributed by atoms with E-state index in [1.165, 1.54) is 25.3 Å². The van der Waals surface area contributed by atoms with Crippen LogP contribution in [0.3, 0.4) is 0 Å². The largest absolute Gasteiger partial charge is 0.465 e. The van der Waals surface area contributed by atoms with Gasteiger partial charge in [-0.2, -0.15) is 0 Å². The number of rotatable bonds is 4. The highest BCUT2D eigenvalue weighted by atomic mass is 35.5. The van der Waals surface area contributed by atoms with Crippen molar-refractivity contribution in [3.63, 3.8) is 0 Å². The van der Waals surface area contributed by atoms with Crippen LogP contribution in [0.2, 0.25) is 5.02 Å². The average molecular weight is 285 g/mol. The van der Waals surface area contributed by atoms with Crippen molar-refractivity contribution in [1.29, 1.82) is 0 Å². The summed E-state index contributed by atoms with van der Waals surface area (Å²) >= 11 is 5.96. The summed E-state index contributed by atoms with van der Waals surface area (Å²) in [5.74, 6) is -0.761. The Morgan fingerprint density at radius 1 is 1.42 bits per heavy atom. The summed E-state index contributed by atoms with van der Waals surface area (Å²) < 4.78 is 4.60. The molecule has 1 rings (SSSR count). The van der Waals surface area contributed by atoms with Gasteiger partial charge >= 0.3 is 5.97 Å². The predicted octanol–water partition coefficient (Wildman–Crippen LogP) is 2.19. The molecule has 0 atom stereocenters. The highest BCUT2D eigenvalue weighted by Gasteiger charge is 2.18. The summed E-state index contributed by atoms with van der Waals surface area (Å²) in [6, 6.07) is 4.52. The Kier molecular flexibility index (Phi) is 4.91. The van der Waals surface area contributed by atoms with Crippen molar-refractivity contribution >= 4 is 29.2 Å². The highest BCUT2D eigenvalue weighted by Crippen LogP contribution is 2.24. The van der Waals surface area contributed by atoms with E-state index in [1.807, 2.05) is 0 Å². The van der Waals surface area contributed by atoms with Gasteiger partial charge in [0.1, 0.15) is 0 Å². The fourth-order valence-electron chi connectivity index (χ4n) is 1.47. The van der Waals surface area contributed by atoms with Crippen molar-refractivity contribution in [1.82, 2.24) is 0 Å². The SMILES string of the molecule is COC(=O)c1ccc(Cl)c(NC(=O)CC(C)(C)N)c1. The summed E-state index contributed by atoms with van der Waals surface area (Å²) in [6.07, 6.45) is 0.145. The van der Waals surface area contributed by atoms with Crippen LogP contribution in [0.15, 0.2) is 18.2 Å². The maximum absolute atomic E-state index is 11.8. The number of ether oxygens (including phenoxy) is 1. The van der Waals surface area contributed by atoms with Crippen molar-refractivity contribution in [2.45, 2.75) is 25.8 Å². The monoisotopic (exact) mass is 284 g/mol. The van der Waals surface area contributed by atoms with Gasteiger partial charge in [-0.3, -0.25) is 4.79 Å². The normalized spacial score (nSPS) is 11.0. The molecular weight excluding hydrogens is 268 g/mol. The fraction of sp³-hybridized carbons (Fsp3) is 0.385. The van der Waals surface area contributed by atoms with Gasteiger partial charge in [0.2, 0.25) is 5.91 Å². The van der Waals surface area contributed by atoms with Crippen LogP contribution in [-0.2, 0) is 9.53 Å². The molecule has 0 fully saturated rings. The Bertz CT molecular complexity index is 495. The van der Waals surface area contributed by atoms with Crippen LogP contribution in [0.5, 0.6) is 0 Å². The molecule has 0 unspecified atom stereocenters. The molecule has 0 saturated heterocycles. The van der Waals surface area contributed by atoms with Crippen molar-refractivity contribution < 1.29 is 14.3 Å². The summed E-state index contributed by atoms with van der Waals surface area (Å²) in [5, 5.41) is 2.97. The lowest BCUT2D eigenvalue weighted by Gasteiger charge is -2.18. The van der Waals surface area contributed by atoms with Crippen molar-refractivity contribution in [3.8, 4) is 0 Å². The lowest BCUT2D eigenvalue weighted by Crippen LogP contribution is -2.36. The number of methoxy groups -OCH3 is 1. The third-order valence-corrected chi connectivity index (χ3v) is 2.61. The number of carbonyl (C=O) groups is 2. The van der Waals surface area contributed by atoms with Crippen LogP contribution in [0.25, 0.3) is 0 Å². The zero-order valence-corrected chi connectivity index (χ0v) is 11.9. The fourth-order valence-corrected chi connectivity index (χ4v) is 1.64. The number of esters is 1. The number of nitrogens with one attached hydrogen (secondary N) is 1. The first-order valence-corrected chi connectivity index (χ1v) is 6.07. The van der Waals surface area contributed by atoms with Crippen LogP contribution in [-0.4, -0.2) is 24.5 Å². The minimum Gasteiger partial charge on any atom is -0.465 e. The van der Waals surface area contributed by atoms with Crippen molar-refractivity contribution in [2.75, 3.05) is 12.4 Å². The number of halogens is 1. The summed E-state index contributed by atoms with van der Waals surface area (Å²) in [6.45, 7) is 3.50. The van der Waals surface area contributed by atoms with Crippen LogP contribution < -0.4 is 11.1 Å². The van der Waals surface area contributed by atoms with E-state index >= 15 is 0 Å². The molecule has 1 aromatic carbocycles. The lowest BCUT2D eigenvalue weighted by atomic mass is 10.0. The topological polar surface area (TPSA) is 81.4 Å². The van der Waals surface area contributed by atoms with Gasteiger partial charge < -0.3 is 15.8 Å². The number of benzene rings is 1. The molecule has 0 spiro atoms. The molecule has 0 heterocycles. The van der Waals surface area contributed by atoms with E-state index in [0.29, 0.717) is 16.3 Å². The van der Waals surface area contributed by atoms with Gasteiger partial charge in [-0.25, -0.2) is 4.79 Å². The van der Waals surface area contributed by atoms with Gasteiger partial charge in [-0.1, -0.05) is 11.6 Å². The Labute approximate surface area is 117 Å². The molecule has 0 bridgehead atoms. The number of anilines is 1. The van der Waals surface area contributed by atoms with Gasteiger partial charge in [0.15, 0.2) is 0 Å². The van der Waals surface area contributed by atoms with E-state index in [9.17, 15) is 9.59 Å². The van der Waals surface area contributed by atoms with Crippen molar-refractivity contribution in [2.24, 2.45) is 5.73 Å². The van der Waals surface area contributed by atoms with Crippen molar-refractivity contribution in [3.05, 3.63) is 28.8 Å². The molecule has 0 aromatic heterocycles. The van der Waals surface area contributed by atoms with E-state index in [2.05, 4.69) is 10.1 Å². The van der Waals surface area contributed by atoms with E-state index in [1.54, 1.807) is 13.8 Å². The zero-order valence-electron chi connectivity index (χ0n) is 11.1. The smallest absolute Gasteiger partial charge is 0.337 e. The van der Waals surface area contributed by atoms with Gasteiger partial charge in [-0.15, -0.1) is 0 Å². The molecule has 0 aliphatic rings. The van der Waals surface area contributed by atoms with E-state index in [-0.39, 0.29) is 12.3 Å². The first-order chi connectivity index (χ1) is 8.73. The number of hydrogen-bond donors (Lipinski definition) is 2. The summed E-state index contributed by atoms with van der Waals surface area (Å²) in [7, 11) is 1.28. The second kappa shape index (κ2) is 6.04. The maximum Gasteiger partial charge on any atom is 0.337 e. The molecule has 5 nitrogen and oxygen atoms in total. The highest BCUT2D eigenvalue weighted by molar-refractivity contribution is 6.33. The molecule has 0 aliphatic carbocycles. The zero-order chi connectivity index (χ0) is 14.6. The average Bonchev–Trinajstić information content (AvgIpc) is 2.28. The second-order valence-electron chi connectivity index (χ2n) is 4.90. The lowest BCUT2D eigenvalue weighted by molar-refractivity contribution is -0.117. The molecule has 19 heavy (non-hydrogen) atoms. The minimum absolute atomic E-state index is 0.145. The minimum atomic E-state index is -0.615. The molecule has 6 heteroatoms. The molecule has 3 N–H and O–H groups in total. The first kappa shape index (κ1) is 15.5. The van der Waals surface area contributed by atoms with Crippen LogP contribution >= 0.6 is 11.6 Å². The van der Waals surface area contributed by atoms with Crippen LogP contribution in [0.4, 0.5) is 5.69 Å². The van der Waals surface area contributed by atoms with Crippen LogP contribution in [0, 0.1) is 0 Å². The number of nitrogens with two attached hydrogens (primary N) is 1. The number of amides is 1. The van der Waals surface area contributed by atoms with Gasteiger partial charge in [0.25, 0.3) is 0 Å². The second-order valence-corrected chi connectivity index (χ2v) is 5.31. The predicted molar refractivity (Wildman–Crippen MR) is 74.3 cm³/mol. The molecule has 0 saturated carbocycles. The molecule has 1 amide bonds. The van der Waals surface area contributed by atoms with Crippen LogP contribution in [0.1, 0.15) is 30.6 Å². The van der Waals surface area contributed by atoms with Gasteiger partial charge in [0.05, 0.1) is 23.4 Å². The Balaban J connectivity index is 2.88. The number of carbonyl (C=O) groups excluding carboxylic acids is 2. The molecular formula is C13H17ClN2O3. The number of hydrogen-bond acceptors (Lipinski definition) is 4. The molecule has 0 radical (unpaired) electrons. The summed E-state index contributed by atoms with van der Waals surface area (Å²) in [5.41, 5.74) is 5.82. The van der Waals surface area contributed by atoms with E-state index < -0.39 is 11.5 Å². The first-order valence-electron chi connectivity index (χ1n) is 5.69. The Morgan fingerprint density at radius 3 is 2.58 bits per heavy atom. The van der Waals surface area contributed by atoms with E-state index in [0.717, 1.165) is 0 Å². The van der Waals surface area contributed by atoms with E-state index in [4.69, 9.17) is 17.3 Å². The summed E-state index contributed by atoms with van der Waals surface area (Å²) in [4.78, 5) is 23.2. The standard InChI is InChI=1S/C13H17ClN2O3/c1-13(2,15)7-11(17)16-10-6-8(12(18)19-3)4-5-9(10)14/h4-6H,7,15H2,1-3H3,(H,16,17). The third-order valence-electron chi connectivity index (χ3n) is 2.28. The Morgan fingerprint density at radius 2 is 2.05 bits per heavy atom. The quantitative estimate of drug-likeness (QED) is 0.831. The molecule has 1 aromatic rings. The third kappa shape index (κ3) is 4.89. The maximum atomic E-state index is 11.8. The Hall–Kier alpha value is -1.59. The molecule has 104 valence electrons. The van der Waals surface area contributed by atoms with Gasteiger partial charge in [0, 0.05) is 12.0 Å².